The summed E-state index contributed by atoms with van der Waals surface area (Å²) in [5.41, 5.74) is 0. The Morgan fingerprint density at radius 2 is 0.600 bits per heavy atom. The minimum Gasteiger partial charge on any atom is -0.462 e. The summed E-state index contributed by atoms with van der Waals surface area (Å²) in [4.78, 5) is 37.9. The molecular weight excluding hydrogens is 805 g/mol. The van der Waals surface area contributed by atoms with Gasteiger partial charge in [-0.2, -0.15) is 0 Å². The van der Waals surface area contributed by atoms with Crippen molar-refractivity contribution in [3.05, 3.63) is 60.8 Å². The van der Waals surface area contributed by atoms with Crippen LogP contribution in [-0.4, -0.2) is 37.2 Å². The molecule has 0 bridgehead atoms. The zero-order valence-corrected chi connectivity index (χ0v) is 43.0. The quantitative estimate of drug-likeness (QED) is 0.0262. The molecule has 0 aromatic rings. The molecule has 0 aliphatic heterocycles. The molecule has 0 aliphatic carbocycles. The first-order valence-electron chi connectivity index (χ1n) is 27.8. The van der Waals surface area contributed by atoms with Gasteiger partial charge >= 0.3 is 17.9 Å². The van der Waals surface area contributed by atoms with E-state index < -0.39 is 6.10 Å². The van der Waals surface area contributed by atoms with Crippen LogP contribution in [0.4, 0.5) is 0 Å². The van der Waals surface area contributed by atoms with Crippen LogP contribution in [0, 0.1) is 0 Å². The fourth-order valence-electron chi connectivity index (χ4n) is 7.84. The smallest absolute Gasteiger partial charge is 0.306 e. The lowest BCUT2D eigenvalue weighted by Crippen LogP contribution is -2.30. The summed E-state index contributed by atoms with van der Waals surface area (Å²) in [6.07, 6.45) is 66.7. The van der Waals surface area contributed by atoms with Crippen LogP contribution in [0.1, 0.15) is 278 Å². The predicted molar refractivity (Wildman–Crippen MR) is 279 cm³/mol. The van der Waals surface area contributed by atoms with E-state index in [1.165, 1.54) is 135 Å². The average Bonchev–Trinajstić information content (AvgIpc) is 3.30. The van der Waals surface area contributed by atoms with Crippen LogP contribution in [0.25, 0.3) is 0 Å². The fourth-order valence-corrected chi connectivity index (χ4v) is 7.84. The van der Waals surface area contributed by atoms with Gasteiger partial charge in [-0.1, -0.05) is 236 Å². The summed E-state index contributed by atoms with van der Waals surface area (Å²) in [7, 11) is 0. The largest absolute Gasteiger partial charge is 0.462 e. The van der Waals surface area contributed by atoms with Crippen LogP contribution in [-0.2, 0) is 28.6 Å². The lowest BCUT2D eigenvalue weighted by atomic mass is 10.0. The molecule has 0 heterocycles. The number of hydrogen-bond donors (Lipinski definition) is 0. The molecule has 6 heteroatoms. The average molecular weight is 909 g/mol. The van der Waals surface area contributed by atoms with Crippen LogP contribution in [0.2, 0.25) is 0 Å². The third kappa shape index (κ3) is 51.9. The number of esters is 3. The van der Waals surface area contributed by atoms with Crippen LogP contribution in [0.15, 0.2) is 60.8 Å². The van der Waals surface area contributed by atoms with Gasteiger partial charge < -0.3 is 14.2 Å². The zero-order valence-electron chi connectivity index (χ0n) is 43.0. The SMILES string of the molecule is CC/C=C\C/C=C\C/C=C\CCCCCCCC(=O)OC(COC(=O)CCCCCCCCC)COC(=O)CCCCCCCCCCCCCCC/C=C\C/C=C\CCCCCCC. The molecule has 0 N–H and O–H groups in total. The van der Waals surface area contributed by atoms with E-state index in [0.29, 0.717) is 19.3 Å². The summed E-state index contributed by atoms with van der Waals surface area (Å²) < 4.78 is 16.7. The Bertz CT molecular complexity index is 1180. The number of rotatable bonds is 50. The maximum atomic E-state index is 12.8. The number of carbonyl (C=O) groups excluding carboxylic acids is 3. The van der Waals surface area contributed by atoms with E-state index in [1.54, 1.807) is 0 Å². The highest BCUT2D eigenvalue weighted by Gasteiger charge is 2.19. The lowest BCUT2D eigenvalue weighted by molar-refractivity contribution is -0.167. The van der Waals surface area contributed by atoms with E-state index >= 15 is 0 Å². The first-order chi connectivity index (χ1) is 32.0. The Balaban J connectivity index is 4.15. The van der Waals surface area contributed by atoms with Gasteiger partial charge in [0.25, 0.3) is 0 Å². The molecule has 0 spiro atoms. The van der Waals surface area contributed by atoms with Crippen molar-refractivity contribution in [1.29, 1.82) is 0 Å². The van der Waals surface area contributed by atoms with Crippen molar-refractivity contribution in [2.45, 2.75) is 284 Å². The van der Waals surface area contributed by atoms with Crippen LogP contribution in [0.3, 0.4) is 0 Å². The standard InChI is InChI=1S/C59H104O6/c1-4-7-10-13-16-18-20-22-24-25-26-27-28-29-30-31-32-33-35-36-38-40-43-46-49-52-58(61)64-55-56(54-63-57(60)51-48-45-42-15-12-9-6-3)65-59(62)53-50-47-44-41-39-37-34-23-21-19-17-14-11-8-5-2/h8,11,17,19-20,22-23,25-26,34,56H,4-7,9-10,12-16,18,21,24,27-33,35-55H2,1-3H3/b11-8-,19-17-,22-20-,26-25-,34-23-. The van der Waals surface area contributed by atoms with Crippen molar-refractivity contribution in [3.8, 4) is 0 Å². The van der Waals surface area contributed by atoms with E-state index in [4.69, 9.17) is 14.2 Å². The Hall–Kier alpha value is -2.89. The molecule has 0 saturated carbocycles. The summed E-state index contributed by atoms with van der Waals surface area (Å²) in [5.74, 6) is -0.898. The van der Waals surface area contributed by atoms with Crippen molar-refractivity contribution < 1.29 is 28.6 Å². The van der Waals surface area contributed by atoms with Crippen molar-refractivity contribution in [2.24, 2.45) is 0 Å². The molecule has 1 unspecified atom stereocenters. The number of unbranched alkanes of at least 4 members (excludes halogenated alkanes) is 29. The summed E-state index contributed by atoms with van der Waals surface area (Å²) in [6.45, 7) is 6.47. The van der Waals surface area contributed by atoms with Crippen LogP contribution >= 0.6 is 0 Å². The molecule has 6 nitrogen and oxygen atoms in total. The minimum atomic E-state index is -0.779. The fraction of sp³-hybridized carbons (Fsp3) is 0.780. The van der Waals surface area contributed by atoms with Crippen LogP contribution < -0.4 is 0 Å². The van der Waals surface area contributed by atoms with E-state index in [0.717, 1.165) is 103 Å². The van der Waals surface area contributed by atoms with Gasteiger partial charge in [-0.05, 0) is 83.5 Å². The molecule has 0 amide bonds. The molecule has 0 aromatic heterocycles. The molecule has 1 atom stereocenters. The number of ether oxygens (including phenoxy) is 3. The molecule has 0 aromatic carbocycles. The highest BCUT2D eigenvalue weighted by atomic mass is 16.6. The molecule has 65 heavy (non-hydrogen) atoms. The molecule has 376 valence electrons. The van der Waals surface area contributed by atoms with Gasteiger partial charge in [-0.25, -0.2) is 0 Å². The van der Waals surface area contributed by atoms with Crippen LogP contribution in [0.5, 0.6) is 0 Å². The second kappa shape index (κ2) is 53.7. The van der Waals surface area contributed by atoms with Gasteiger partial charge in [-0.15, -0.1) is 0 Å². The van der Waals surface area contributed by atoms with E-state index in [1.807, 2.05) is 0 Å². The topological polar surface area (TPSA) is 78.9 Å². The maximum absolute atomic E-state index is 12.8. The number of carbonyl (C=O) groups is 3. The monoisotopic (exact) mass is 909 g/mol. The third-order valence-corrected chi connectivity index (χ3v) is 12.0. The molecule has 0 fully saturated rings. The van der Waals surface area contributed by atoms with Crippen molar-refractivity contribution >= 4 is 17.9 Å². The minimum absolute atomic E-state index is 0.0801. The van der Waals surface area contributed by atoms with Gasteiger partial charge in [0.2, 0.25) is 0 Å². The second-order valence-corrected chi connectivity index (χ2v) is 18.5. The van der Waals surface area contributed by atoms with Crippen molar-refractivity contribution in [1.82, 2.24) is 0 Å². The van der Waals surface area contributed by atoms with Gasteiger partial charge in [0.15, 0.2) is 6.10 Å². The molecule has 0 saturated heterocycles. The molecule has 0 radical (unpaired) electrons. The highest BCUT2D eigenvalue weighted by molar-refractivity contribution is 5.71. The summed E-state index contributed by atoms with van der Waals surface area (Å²) >= 11 is 0. The second-order valence-electron chi connectivity index (χ2n) is 18.5. The number of allylic oxidation sites excluding steroid dienone is 10. The molecule has 0 aliphatic rings. The Kier molecular flexibility index (Phi) is 51.3. The maximum Gasteiger partial charge on any atom is 0.306 e. The molecule has 0 rings (SSSR count). The first-order valence-corrected chi connectivity index (χ1v) is 27.8. The predicted octanol–water partition coefficient (Wildman–Crippen LogP) is 18.4. The van der Waals surface area contributed by atoms with E-state index in [2.05, 4.69) is 81.5 Å². The zero-order chi connectivity index (χ0) is 47.2. The van der Waals surface area contributed by atoms with Gasteiger partial charge in [0.1, 0.15) is 13.2 Å². The highest BCUT2D eigenvalue weighted by Crippen LogP contribution is 2.15. The van der Waals surface area contributed by atoms with Crippen molar-refractivity contribution in [2.75, 3.05) is 13.2 Å². The van der Waals surface area contributed by atoms with Gasteiger partial charge in [0.05, 0.1) is 0 Å². The molecular formula is C59H104O6. The number of hydrogen-bond acceptors (Lipinski definition) is 6. The van der Waals surface area contributed by atoms with Gasteiger partial charge in [0, 0.05) is 19.3 Å². The summed E-state index contributed by atoms with van der Waals surface area (Å²) in [6, 6.07) is 0. The first kappa shape index (κ1) is 62.1. The lowest BCUT2D eigenvalue weighted by Gasteiger charge is -2.18. The van der Waals surface area contributed by atoms with Gasteiger partial charge in [-0.3, -0.25) is 14.4 Å². The Labute approximate surface area is 402 Å². The summed E-state index contributed by atoms with van der Waals surface area (Å²) in [5, 5.41) is 0. The normalized spacial score (nSPS) is 12.5. The Morgan fingerprint density at radius 1 is 0.323 bits per heavy atom. The third-order valence-electron chi connectivity index (χ3n) is 12.0. The van der Waals surface area contributed by atoms with E-state index in [-0.39, 0.29) is 31.1 Å². The van der Waals surface area contributed by atoms with Crippen molar-refractivity contribution in [3.63, 3.8) is 0 Å². The Morgan fingerprint density at radius 3 is 0.938 bits per heavy atom. The van der Waals surface area contributed by atoms with E-state index in [9.17, 15) is 14.4 Å².